The van der Waals surface area contributed by atoms with Gasteiger partial charge < -0.3 is 5.73 Å². The van der Waals surface area contributed by atoms with E-state index in [1.54, 1.807) is 0 Å². The Morgan fingerprint density at radius 2 is 1.73 bits per heavy atom. The zero-order chi connectivity index (χ0) is 35.4. The van der Waals surface area contributed by atoms with Gasteiger partial charge in [-0.15, -0.1) is 0 Å². The second-order valence-electron chi connectivity index (χ2n) is 12.0. The number of aryl methyl sites for hydroxylation is 1. The van der Waals surface area contributed by atoms with Gasteiger partial charge in [-0.2, -0.15) is 5.10 Å². The molecule has 49 heavy (non-hydrogen) atoms. The van der Waals surface area contributed by atoms with E-state index in [9.17, 15) is 30.8 Å². The molecule has 3 aromatic heterocycles. The first-order valence-electron chi connectivity index (χ1n) is 15.0. The molecule has 0 unspecified atom stereocenters. The first-order chi connectivity index (χ1) is 23.0. The lowest BCUT2D eigenvalue weighted by molar-refractivity contribution is -0.0384. The number of hydrogen-bond acceptors (Lipinski definition) is 7. The molecule has 0 amide bonds. The summed E-state index contributed by atoms with van der Waals surface area (Å²) in [6.07, 6.45) is 0.438. The number of halogens is 7. The van der Waals surface area contributed by atoms with Gasteiger partial charge in [-0.3, -0.25) is 18.8 Å². The zero-order valence-corrected chi connectivity index (χ0v) is 29.6. The van der Waals surface area contributed by atoms with Crippen molar-refractivity contribution in [2.75, 3.05) is 16.3 Å². The predicted octanol–water partition coefficient (Wildman–Crippen LogP) is 7.02. The van der Waals surface area contributed by atoms with Crippen LogP contribution in [-0.4, -0.2) is 50.2 Å². The molecular formula is C31H28BrCl2F4N7O3S. The number of fused-ring (bicyclic) bond motifs is 2. The third-order valence-electron chi connectivity index (χ3n) is 8.32. The van der Waals surface area contributed by atoms with Crippen molar-refractivity contribution in [2.24, 2.45) is 5.73 Å². The van der Waals surface area contributed by atoms with Crippen molar-refractivity contribution in [3.05, 3.63) is 85.5 Å². The smallest absolute Gasteiger partial charge is 0.269 e. The van der Waals surface area contributed by atoms with Crippen molar-refractivity contribution >= 4 is 76.9 Å². The van der Waals surface area contributed by atoms with Gasteiger partial charge in [0.25, 0.3) is 5.56 Å². The minimum absolute atomic E-state index is 0.0190. The van der Waals surface area contributed by atoms with Crippen molar-refractivity contribution in [3.63, 3.8) is 0 Å². The Kier molecular flexibility index (Phi) is 9.74. The van der Waals surface area contributed by atoms with Gasteiger partial charge in [0.1, 0.15) is 22.8 Å². The first kappa shape index (κ1) is 35.5. The molecule has 3 heterocycles. The van der Waals surface area contributed by atoms with Crippen LogP contribution in [-0.2, 0) is 23.0 Å². The maximum absolute atomic E-state index is 14.6. The number of anilines is 1. The van der Waals surface area contributed by atoms with E-state index in [1.165, 1.54) is 27.4 Å². The molecule has 1 aliphatic rings. The van der Waals surface area contributed by atoms with Crippen LogP contribution in [0.4, 0.5) is 23.4 Å². The van der Waals surface area contributed by atoms with Gasteiger partial charge >= 0.3 is 0 Å². The van der Waals surface area contributed by atoms with E-state index in [2.05, 4.69) is 30.7 Å². The highest BCUT2D eigenvalue weighted by Gasteiger charge is 2.36. The van der Waals surface area contributed by atoms with E-state index in [0.29, 0.717) is 17.1 Å². The lowest BCUT2D eigenvalue weighted by Gasteiger charge is -2.28. The van der Waals surface area contributed by atoms with Gasteiger partial charge in [-0.25, -0.2) is 35.9 Å². The fourth-order valence-electron chi connectivity index (χ4n) is 6.21. The molecule has 0 bridgehead atoms. The molecule has 1 saturated carbocycles. The number of nitrogens with zero attached hydrogens (tertiary/aromatic N) is 5. The molecule has 260 valence electrons. The number of aromatic nitrogens is 5. The van der Waals surface area contributed by atoms with Crippen LogP contribution in [0.3, 0.4) is 0 Å². The molecule has 0 spiro atoms. The molecule has 1 atom stereocenters. The van der Waals surface area contributed by atoms with E-state index in [-0.39, 0.29) is 99.4 Å². The minimum atomic E-state index is -3.82. The average molecular weight is 805 g/mol. The van der Waals surface area contributed by atoms with Crippen molar-refractivity contribution < 1.29 is 26.0 Å². The third-order valence-corrected chi connectivity index (χ3v) is 9.86. The summed E-state index contributed by atoms with van der Waals surface area (Å²) in [4.78, 5) is 23.9. The standard InChI is InChI=1S/C31H28BrCl2F4N7O3S/c1-49(47,48)43-28-24-19(33)2-3-23(26(24)44(42-28)9-8-32)45-29(21(39)12-15-10-17(35)13-18(36)11-15)41-27-25(30(45)46)20(34)14-22(40-27)16-4-6-31(37,38)7-5-16/h2-3,10-11,13-14,16,21H,4-9,12,39H2,1H3,(H,42,43)/t21-/m0/s1. The fourth-order valence-corrected chi connectivity index (χ4v) is 7.55. The summed E-state index contributed by atoms with van der Waals surface area (Å²) in [5.74, 6) is -4.95. The third kappa shape index (κ3) is 7.29. The van der Waals surface area contributed by atoms with Crippen LogP contribution >= 0.6 is 39.1 Å². The Labute approximate surface area is 295 Å². The van der Waals surface area contributed by atoms with E-state index in [1.807, 2.05) is 0 Å². The number of nitrogens with one attached hydrogen (secondary N) is 1. The quantitative estimate of drug-likeness (QED) is 0.121. The van der Waals surface area contributed by atoms with Gasteiger partial charge in [0.05, 0.1) is 45.5 Å². The SMILES string of the molecule is CS(=O)(=O)Nc1nn(CCBr)c2c(-n3c([C@@H](N)Cc4cc(F)cc(F)c4)nc4nc(C5CCC(F)(F)CC5)cc(Cl)c4c3=O)ccc(Cl)c12. The molecule has 0 saturated heterocycles. The molecule has 3 N–H and O–H groups in total. The first-order valence-corrected chi connectivity index (χ1v) is 18.8. The Morgan fingerprint density at radius 3 is 2.37 bits per heavy atom. The lowest BCUT2D eigenvalue weighted by Crippen LogP contribution is -2.30. The molecule has 0 aliphatic heterocycles. The van der Waals surface area contributed by atoms with Crippen LogP contribution in [0.1, 0.15) is 54.7 Å². The Hall–Kier alpha value is -3.31. The predicted molar refractivity (Wildman–Crippen MR) is 184 cm³/mol. The number of nitrogens with two attached hydrogens (primary N) is 1. The van der Waals surface area contributed by atoms with Crippen molar-refractivity contribution in [3.8, 4) is 5.69 Å². The van der Waals surface area contributed by atoms with E-state index in [4.69, 9.17) is 33.9 Å². The molecular weight excluding hydrogens is 777 g/mol. The summed E-state index contributed by atoms with van der Waals surface area (Å²) >= 11 is 16.7. The van der Waals surface area contributed by atoms with Crippen molar-refractivity contribution in [1.82, 2.24) is 24.3 Å². The summed E-state index contributed by atoms with van der Waals surface area (Å²) in [5, 5.41) is 4.99. The normalized spacial score (nSPS) is 16.0. The number of sulfonamides is 1. The van der Waals surface area contributed by atoms with Crippen LogP contribution < -0.4 is 16.0 Å². The Morgan fingerprint density at radius 1 is 1.06 bits per heavy atom. The highest BCUT2D eigenvalue weighted by Crippen LogP contribution is 2.42. The Balaban J connectivity index is 1.63. The van der Waals surface area contributed by atoms with Gasteiger partial charge in [0.2, 0.25) is 15.9 Å². The molecule has 5 aromatic rings. The van der Waals surface area contributed by atoms with Crippen LogP contribution in [0.2, 0.25) is 10.0 Å². The number of hydrogen-bond donors (Lipinski definition) is 2. The summed E-state index contributed by atoms with van der Waals surface area (Å²) < 4.78 is 85.7. The zero-order valence-electron chi connectivity index (χ0n) is 25.7. The topological polar surface area (TPSA) is 138 Å². The molecule has 2 aromatic carbocycles. The maximum Gasteiger partial charge on any atom is 0.269 e. The van der Waals surface area contributed by atoms with Crippen LogP contribution in [0.15, 0.2) is 41.2 Å². The summed E-state index contributed by atoms with van der Waals surface area (Å²) in [5.41, 5.74) is 6.84. The number of benzene rings is 2. The van der Waals surface area contributed by atoms with Crippen molar-refractivity contribution in [1.29, 1.82) is 0 Å². The van der Waals surface area contributed by atoms with Crippen molar-refractivity contribution in [2.45, 2.75) is 56.5 Å². The second kappa shape index (κ2) is 13.4. The summed E-state index contributed by atoms with van der Waals surface area (Å²) in [6.45, 7) is 0.209. The summed E-state index contributed by atoms with van der Waals surface area (Å²) in [6, 6.07) is 6.18. The van der Waals surface area contributed by atoms with Crippen LogP contribution in [0.25, 0.3) is 27.6 Å². The summed E-state index contributed by atoms with van der Waals surface area (Å²) in [7, 11) is -3.82. The largest absolute Gasteiger partial charge is 0.321 e. The van der Waals surface area contributed by atoms with E-state index in [0.717, 1.165) is 18.4 Å². The molecule has 10 nitrogen and oxygen atoms in total. The van der Waals surface area contributed by atoms with Gasteiger partial charge in [-0.1, -0.05) is 39.1 Å². The van der Waals surface area contributed by atoms with Gasteiger partial charge in [0, 0.05) is 35.8 Å². The molecule has 1 aliphatic carbocycles. The molecule has 0 radical (unpaired) electrons. The average Bonchev–Trinajstić information content (AvgIpc) is 3.34. The Bertz CT molecular complexity index is 2260. The number of pyridine rings is 1. The number of rotatable bonds is 9. The monoisotopic (exact) mass is 803 g/mol. The van der Waals surface area contributed by atoms with Gasteiger partial charge in [0.15, 0.2) is 11.5 Å². The van der Waals surface area contributed by atoms with Crippen LogP contribution in [0, 0.1) is 11.6 Å². The fraction of sp³-hybridized carbons (Fsp3) is 0.355. The minimum Gasteiger partial charge on any atom is -0.321 e. The van der Waals surface area contributed by atoms with E-state index < -0.39 is 39.2 Å². The highest BCUT2D eigenvalue weighted by atomic mass is 79.9. The molecule has 18 heteroatoms. The maximum atomic E-state index is 14.6. The van der Waals surface area contributed by atoms with E-state index >= 15 is 0 Å². The second-order valence-corrected chi connectivity index (χ2v) is 15.3. The lowest BCUT2D eigenvalue weighted by atomic mass is 9.84. The van der Waals surface area contributed by atoms with Gasteiger partial charge in [-0.05, 0) is 55.2 Å². The highest BCUT2D eigenvalue weighted by molar-refractivity contribution is 9.09. The molecule has 6 rings (SSSR count). The van der Waals surface area contributed by atoms with Crippen LogP contribution in [0.5, 0.6) is 0 Å². The molecule has 1 fully saturated rings. The number of alkyl halides is 3.